The summed E-state index contributed by atoms with van der Waals surface area (Å²) >= 11 is 0. The Bertz CT molecular complexity index is 478. The summed E-state index contributed by atoms with van der Waals surface area (Å²) in [5.74, 6) is 2.43. The van der Waals surface area contributed by atoms with E-state index in [9.17, 15) is 0 Å². The number of rotatable bonds is 4. The van der Waals surface area contributed by atoms with Gasteiger partial charge in [-0.25, -0.2) is 0 Å². The molecule has 4 nitrogen and oxygen atoms in total. The SMILES string of the molecule is CCCCC1CC(N)CN(c2ccc3c(c2)OCCO3)C1. The monoisotopic (exact) mass is 290 g/mol. The number of unbranched alkanes of at least 4 members (excludes halogenated alkanes) is 1. The number of nitrogens with zero attached hydrogens (tertiary/aromatic N) is 1. The highest BCUT2D eigenvalue weighted by Gasteiger charge is 2.25. The first-order valence-electron chi connectivity index (χ1n) is 8.16. The molecule has 0 aliphatic carbocycles. The molecule has 2 heterocycles. The van der Waals surface area contributed by atoms with Crippen LogP contribution in [0.2, 0.25) is 0 Å². The van der Waals surface area contributed by atoms with E-state index < -0.39 is 0 Å². The molecule has 0 saturated carbocycles. The molecule has 2 unspecified atom stereocenters. The van der Waals surface area contributed by atoms with E-state index in [1.807, 2.05) is 6.07 Å². The molecule has 2 atom stereocenters. The average Bonchev–Trinajstić information content (AvgIpc) is 2.52. The number of hydrogen-bond donors (Lipinski definition) is 1. The van der Waals surface area contributed by atoms with Crippen molar-refractivity contribution >= 4 is 5.69 Å². The number of anilines is 1. The summed E-state index contributed by atoms with van der Waals surface area (Å²) in [4.78, 5) is 2.41. The van der Waals surface area contributed by atoms with Crippen molar-refractivity contribution in [3.05, 3.63) is 18.2 Å². The first-order chi connectivity index (χ1) is 10.3. The van der Waals surface area contributed by atoms with Crippen LogP contribution in [0.25, 0.3) is 0 Å². The molecule has 3 rings (SSSR count). The van der Waals surface area contributed by atoms with Gasteiger partial charge in [-0.05, 0) is 30.9 Å². The van der Waals surface area contributed by atoms with Gasteiger partial charge in [0.1, 0.15) is 13.2 Å². The number of piperidine rings is 1. The molecule has 0 aromatic heterocycles. The molecule has 4 heteroatoms. The Morgan fingerprint density at radius 3 is 2.81 bits per heavy atom. The Morgan fingerprint density at radius 1 is 1.19 bits per heavy atom. The molecule has 1 fully saturated rings. The number of benzene rings is 1. The van der Waals surface area contributed by atoms with E-state index in [4.69, 9.17) is 15.2 Å². The smallest absolute Gasteiger partial charge is 0.163 e. The summed E-state index contributed by atoms with van der Waals surface area (Å²) in [6.45, 7) is 5.56. The van der Waals surface area contributed by atoms with E-state index in [1.54, 1.807) is 0 Å². The molecule has 0 amide bonds. The second-order valence-electron chi connectivity index (χ2n) is 6.24. The predicted molar refractivity (Wildman–Crippen MR) is 85.3 cm³/mol. The Labute approximate surface area is 127 Å². The summed E-state index contributed by atoms with van der Waals surface area (Å²) in [5.41, 5.74) is 7.47. The molecule has 0 bridgehead atoms. The summed E-state index contributed by atoms with van der Waals surface area (Å²) in [7, 11) is 0. The lowest BCUT2D eigenvalue weighted by molar-refractivity contribution is 0.171. The Hall–Kier alpha value is -1.42. The van der Waals surface area contributed by atoms with Gasteiger partial charge in [-0.3, -0.25) is 0 Å². The van der Waals surface area contributed by atoms with Gasteiger partial charge in [-0.2, -0.15) is 0 Å². The van der Waals surface area contributed by atoms with Crippen LogP contribution in [-0.2, 0) is 0 Å². The molecule has 1 aromatic rings. The van der Waals surface area contributed by atoms with Crippen LogP contribution < -0.4 is 20.1 Å². The van der Waals surface area contributed by atoms with Gasteiger partial charge in [0, 0.05) is 30.9 Å². The molecule has 2 aliphatic heterocycles. The third-order valence-electron chi connectivity index (χ3n) is 4.43. The van der Waals surface area contributed by atoms with Crippen LogP contribution in [-0.4, -0.2) is 32.3 Å². The molecular weight excluding hydrogens is 264 g/mol. The van der Waals surface area contributed by atoms with E-state index in [1.165, 1.54) is 24.9 Å². The van der Waals surface area contributed by atoms with Gasteiger partial charge in [0.05, 0.1) is 0 Å². The molecule has 2 aliphatic rings. The van der Waals surface area contributed by atoms with Crippen molar-refractivity contribution in [1.82, 2.24) is 0 Å². The zero-order chi connectivity index (χ0) is 14.7. The van der Waals surface area contributed by atoms with Crippen molar-refractivity contribution in [3.63, 3.8) is 0 Å². The number of ether oxygens (including phenoxy) is 2. The summed E-state index contributed by atoms with van der Waals surface area (Å²) in [5, 5.41) is 0. The van der Waals surface area contributed by atoms with Gasteiger partial charge in [0.25, 0.3) is 0 Å². The topological polar surface area (TPSA) is 47.7 Å². The van der Waals surface area contributed by atoms with Crippen LogP contribution in [0.15, 0.2) is 18.2 Å². The molecule has 2 N–H and O–H groups in total. The average molecular weight is 290 g/mol. The van der Waals surface area contributed by atoms with Crippen molar-refractivity contribution in [2.75, 3.05) is 31.2 Å². The lowest BCUT2D eigenvalue weighted by Gasteiger charge is -2.38. The van der Waals surface area contributed by atoms with Crippen LogP contribution >= 0.6 is 0 Å². The standard InChI is InChI=1S/C17H26N2O2/c1-2-3-4-13-9-14(18)12-19(11-13)15-5-6-16-17(10-15)21-8-7-20-16/h5-6,10,13-14H,2-4,7-9,11-12,18H2,1H3. The van der Waals surface area contributed by atoms with Crippen LogP contribution in [0.3, 0.4) is 0 Å². The maximum absolute atomic E-state index is 6.26. The van der Waals surface area contributed by atoms with Crippen molar-refractivity contribution in [1.29, 1.82) is 0 Å². The summed E-state index contributed by atoms with van der Waals surface area (Å²) in [6.07, 6.45) is 4.99. The van der Waals surface area contributed by atoms with Gasteiger partial charge in [-0.1, -0.05) is 19.8 Å². The van der Waals surface area contributed by atoms with Gasteiger partial charge >= 0.3 is 0 Å². The third kappa shape index (κ3) is 3.43. The largest absolute Gasteiger partial charge is 0.486 e. The van der Waals surface area contributed by atoms with Gasteiger partial charge in [-0.15, -0.1) is 0 Å². The van der Waals surface area contributed by atoms with Crippen molar-refractivity contribution in [2.45, 2.75) is 38.6 Å². The lowest BCUT2D eigenvalue weighted by Crippen LogP contribution is -2.47. The minimum atomic E-state index is 0.272. The number of hydrogen-bond acceptors (Lipinski definition) is 4. The zero-order valence-electron chi connectivity index (χ0n) is 12.9. The van der Waals surface area contributed by atoms with Gasteiger partial charge < -0.3 is 20.1 Å². The highest BCUT2D eigenvalue weighted by atomic mass is 16.6. The highest BCUT2D eigenvalue weighted by molar-refractivity contribution is 5.57. The fraction of sp³-hybridized carbons (Fsp3) is 0.647. The first-order valence-corrected chi connectivity index (χ1v) is 8.16. The Morgan fingerprint density at radius 2 is 2.00 bits per heavy atom. The maximum Gasteiger partial charge on any atom is 0.163 e. The van der Waals surface area contributed by atoms with Crippen LogP contribution in [0.1, 0.15) is 32.6 Å². The summed E-state index contributed by atoms with van der Waals surface area (Å²) in [6, 6.07) is 6.52. The molecule has 1 aromatic carbocycles. The normalized spacial score (nSPS) is 25.0. The Kier molecular flexibility index (Phi) is 4.54. The van der Waals surface area contributed by atoms with E-state index in [2.05, 4.69) is 24.0 Å². The third-order valence-corrected chi connectivity index (χ3v) is 4.43. The molecule has 21 heavy (non-hydrogen) atoms. The van der Waals surface area contributed by atoms with Crippen LogP contribution in [0, 0.1) is 5.92 Å². The van der Waals surface area contributed by atoms with E-state index in [-0.39, 0.29) is 6.04 Å². The first kappa shape index (κ1) is 14.5. The second-order valence-corrected chi connectivity index (χ2v) is 6.24. The second kappa shape index (κ2) is 6.56. The van der Waals surface area contributed by atoms with Crippen LogP contribution in [0.5, 0.6) is 11.5 Å². The fourth-order valence-electron chi connectivity index (χ4n) is 3.39. The van der Waals surface area contributed by atoms with Gasteiger partial charge in [0.2, 0.25) is 0 Å². The van der Waals surface area contributed by atoms with E-state index in [0.29, 0.717) is 19.1 Å². The van der Waals surface area contributed by atoms with Crippen molar-refractivity contribution < 1.29 is 9.47 Å². The van der Waals surface area contributed by atoms with Crippen molar-refractivity contribution in [3.8, 4) is 11.5 Å². The van der Waals surface area contributed by atoms with Crippen LogP contribution in [0.4, 0.5) is 5.69 Å². The Balaban J connectivity index is 1.72. The molecular formula is C17H26N2O2. The van der Waals surface area contributed by atoms with Crippen molar-refractivity contribution in [2.24, 2.45) is 11.7 Å². The maximum atomic E-state index is 6.26. The minimum Gasteiger partial charge on any atom is -0.486 e. The highest BCUT2D eigenvalue weighted by Crippen LogP contribution is 2.35. The molecule has 1 saturated heterocycles. The van der Waals surface area contributed by atoms with E-state index >= 15 is 0 Å². The lowest BCUT2D eigenvalue weighted by atomic mass is 9.90. The predicted octanol–water partition coefficient (Wildman–Crippen LogP) is 2.80. The molecule has 0 radical (unpaired) electrons. The number of nitrogens with two attached hydrogens (primary N) is 1. The fourth-order valence-corrected chi connectivity index (χ4v) is 3.39. The summed E-state index contributed by atoms with van der Waals surface area (Å²) < 4.78 is 11.3. The number of fused-ring (bicyclic) bond motifs is 1. The minimum absolute atomic E-state index is 0.272. The zero-order valence-corrected chi connectivity index (χ0v) is 12.9. The quantitative estimate of drug-likeness (QED) is 0.926. The van der Waals surface area contributed by atoms with E-state index in [0.717, 1.165) is 31.0 Å². The molecule has 0 spiro atoms. The molecule has 116 valence electrons. The van der Waals surface area contributed by atoms with Gasteiger partial charge in [0.15, 0.2) is 11.5 Å².